The number of nitrogens with two attached hydrogens (primary N) is 1. The highest BCUT2D eigenvalue weighted by Gasteiger charge is 2.21. The summed E-state index contributed by atoms with van der Waals surface area (Å²) < 4.78 is 0. The van der Waals surface area contributed by atoms with Gasteiger partial charge >= 0.3 is 0 Å². The van der Waals surface area contributed by atoms with Crippen LogP contribution in [-0.2, 0) is 11.2 Å². The molecule has 0 aliphatic heterocycles. The van der Waals surface area contributed by atoms with E-state index in [4.69, 9.17) is 5.73 Å². The molecule has 0 spiro atoms. The second-order valence-corrected chi connectivity index (χ2v) is 6.36. The summed E-state index contributed by atoms with van der Waals surface area (Å²) in [5, 5.41) is 3.42. The smallest absolute Gasteiger partial charge is 0.252 e. The predicted octanol–water partition coefficient (Wildman–Crippen LogP) is 2.00. The van der Waals surface area contributed by atoms with Crippen molar-refractivity contribution < 1.29 is 9.59 Å². The molecule has 0 aliphatic rings. The Morgan fingerprint density at radius 3 is 2.43 bits per heavy atom. The Labute approximate surface area is 160 Å². The highest BCUT2D eigenvalue weighted by atomic mass is 16.2. The number of para-hydroxylation sites is 3. The van der Waals surface area contributed by atoms with Gasteiger partial charge in [-0.1, -0.05) is 30.3 Å². The standard InChI is InChI=1S/C21H17N5O2/c22-20(27)19(11-13-12-24-17-7-3-4-8-18(17)25-13)26-21(28)15-9-10-23-16-6-2-1-5-14(15)16/h1-10,12,19H,11H2,(H2,22,27)(H,26,28)/t19-/m1/s1. The molecule has 0 unspecified atom stereocenters. The van der Waals surface area contributed by atoms with Crippen LogP contribution < -0.4 is 11.1 Å². The van der Waals surface area contributed by atoms with Gasteiger partial charge in [-0.3, -0.25) is 19.6 Å². The number of carbonyl (C=O) groups excluding carboxylic acids is 2. The maximum atomic E-state index is 12.8. The first-order valence-corrected chi connectivity index (χ1v) is 8.76. The van der Waals surface area contributed by atoms with Crippen LogP contribution in [0.2, 0.25) is 0 Å². The molecule has 28 heavy (non-hydrogen) atoms. The van der Waals surface area contributed by atoms with E-state index in [9.17, 15) is 9.59 Å². The Hall–Kier alpha value is -3.87. The van der Waals surface area contributed by atoms with Crippen LogP contribution in [0.25, 0.3) is 21.9 Å². The summed E-state index contributed by atoms with van der Waals surface area (Å²) in [5.74, 6) is -1.03. The van der Waals surface area contributed by atoms with Crippen molar-refractivity contribution in [2.24, 2.45) is 5.73 Å². The van der Waals surface area contributed by atoms with E-state index in [0.717, 1.165) is 11.0 Å². The SMILES string of the molecule is NC(=O)[C@@H](Cc1cnc2ccccc2n1)NC(=O)c1ccnc2ccccc12. The lowest BCUT2D eigenvalue weighted by Gasteiger charge is -2.16. The van der Waals surface area contributed by atoms with E-state index in [1.807, 2.05) is 48.5 Å². The molecule has 0 radical (unpaired) electrons. The number of pyridine rings is 1. The molecule has 138 valence electrons. The lowest BCUT2D eigenvalue weighted by molar-refractivity contribution is -0.119. The van der Waals surface area contributed by atoms with Crippen molar-refractivity contribution in [1.29, 1.82) is 0 Å². The number of nitrogens with zero attached hydrogens (tertiary/aromatic N) is 3. The van der Waals surface area contributed by atoms with E-state index in [0.29, 0.717) is 22.2 Å². The summed E-state index contributed by atoms with van der Waals surface area (Å²) >= 11 is 0. The lowest BCUT2D eigenvalue weighted by atomic mass is 10.1. The molecule has 7 nitrogen and oxygen atoms in total. The van der Waals surface area contributed by atoms with Crippen LogP contribution in [0.5, 0.6) is 0 Å². The zero-order valence-electron chi connectivity index (χ0n) is 14.9. The van der Waals surface area contributed by atoms with Crippen molar-refractivity contribution in [2.45, 2.75) is 12.5 Å². The van der Waals surface area contributed by atoms with Crippen LogP contribution in [0.3, 0.4) is 0 Å². The van der Waals surface area contributed by atoms with E-state index in [2.05, 4.69) is 20.3 Å². The Morgan fingerprint density at radius 1 is 0.929 bits per heavy atom. The number of aromatic nitrogens is 3. The fourth-order valence-electron chi connectivity index (χ4n) is 3.06. The topological polar surface area (TPSA) is 111 Å². The third-order valence-electron chi connectivity index (χ3n) is 4.45. The number of benzene rings is 2. The Morgan fingerprint density at radius 2 is 1.64 bits per heavy atom. The molecular formula is C21H17N5O2. The van der Waals surface area contributed by atoms with Crippen molar-refractivity contribution in [3.63, 3.8) is 0 Å². The van der Waals surface area contributed by atoms with Crippen molar-refractivity contribution >= 4 is 33.8 Å². The Bertz CT molecular complexity index is 1190. The zero-order chi connectivity index (χ0) is 19.5. The third-order valence-corrected chi connectivity index (χ3v) is 4.45. The van der Waals surface area contributed by atoms with E-state index in [-0.39, 0.29) is 6.42 Å². The highest BCUT2D eigenvalue weighted by Crippen LogP contribution is 2.16. The summed E-state index contributed by atoms with van der Waals surface area (Å²) in [7, 11) is 0. The number of hydrogen-bond donors (Lipinski definition) is 2. The molecule has 0 fully saturated rings. The number of carbonyl (C=O) groups is 2. The fourth-order valence-corrected chi connectivity index (χ4v) is 3.06. The molecule has 4 aromatic rings. The molecule has 3 N–H and O–H groups in total. The Balaban J connectivity index is 1.59. The second-order valence-electron chi connectivity index (χ2n) is 6.36. The maximum Gasteiger partial charge on any atom is 0.252 e. The molecule has 0 saturated heterocycles. The number of hydrogen-bond acceptors (Lipinski definition) is 5. The monoisotopic (exact) mass is 371 g/mol. The number of nitrogens with one attached hydrogen (secondary N) is 1. The van der Waals surface area contributed by atoms with Crippen LogP contribution in [-0.4, -0.2) is 32.8 Å². The van der Waals surface area contributed by atoms with Gasteiger partial charge in [0.15, 0.2) is 0 Å². The first-order valence-electron chi connectivity index (χ1n) is 8.76. The molecule has 2 heterocycles. The first-order chi connectivity index (χ1) is 13.6. The van der Waals surface area contributed by atoms with Gasteiger partial charge in [-0.15, -0.1) is 0 Å². The van der Waals surface area contributed by atoms with Crippen molar-refractivity contribution in [3.05, 3.63) is 78.2 Å². The van der Waals surface area contributed by atoms with Crippen LogP contribution in [0.1, 0.15) is 16.1 Å². The van der Waals surface area contributed by atoms with Crippen molar-refractivity contribution in [1.82, 2.24) is 20.3 Å². The maximum absolute atomic E-state index is 12.8. The fraction of sp³-hybridized carbons (Fsp3) is 0.0952. The Kier molecular flexibility index (Phi) is 4.63. The molecule has 4 rings (SSSR count). The molecule has 7 heteroatoms. The van der Waals surface area contributed by atoms with Gasteiger partial charge < -0.3 is 11.1 Å². The summed E-state index contributed by atoms with van der Waals surface area (Å²) in [4.78, 5) is 37.8. The van der Waals surface area contributed by atoms with Crippen LogP contribution in [0.4, 0.5) is 0 Å². The quantitative estimate of drug-likeness (QED) is 0.557. The summed E-state index contributed by atoms with van der Waals surface area (Å²) in [5.41, 5.74) is 8.70. The van der Waals surface area contributed by atoms with Gasteiger partial charge in [0.05, 0.1) is 27.8 Å². The number of primary amides is 1. The van der Waals surface area contributed by atoms with Gasteiger partial charge in [0, 0.05) is 24.2 Å². The van der Waals surface area contributed by atoms with E-state index in [1.165, 1.54) is 0 Å². The highest BCUT2D eigenvalue weighted by molar-refractivity contribution is 6.07. The van der Waals surface area contributed by atoms with Gasteiger partial charge in [-0.2, -0.15) is 0 Å². The first kappa shape index (κ1) is 17.5. The number of amides is 2. The average Bonchev–Trinajstić information content (AvgIpc) is 2.72. The molecule has 0 bridgehead atoms. The molecule has 1 atom stereocenters. The van der Waals surface area contributed by atoms with Gasteiger partial charge in [-0.05, 0) is 24.3 Å². The molecule has 2 amide bonds. The minimum atomic E-state index is -0.908. The minimum Gasteiger partial charge on any atom is -0.368 e. The van der Waals surface area contributed by atoms with Crippen LogP contribution >= 0.6 is 0 Å². The molecule has 0 aliphatic carbocycles. The molecule has 2 aromatic heterocycles. The summed E-state index contributed by atoms with van der Waals surface area (Å²) in [6.45, 7) is 0. The largest absolute Gasteiger partial charge is 0.368 e. The van der Waals surface area contributed by atoms with E-state index >= 15 is 0 Å². The van der Waals surface area contributed by atoms with Crippen LogP contribution in [0, 0.1) is 0 Å². The van der Waals surface area contributed by atoms with Gasteiger partial charge in [-0.25, -0.2) is 4.98 Å². The normalized spacial score (nSPS) is 12.0. The van der Waals surface area contributed by atoms with Crippen molar-refractivity contribution in [3.8, 4) is 0 Å². The second kappa shape index (κ2) is 7.40. The lowest BCUT2D eigenvalue weighted by Crippen LogP contribution is -2.46. The molecular weight excluding hydrogens is 354 g/mol. The molecule has 2 aromatic carbocycles. The number of fused-ring (bicyclic) bond motifs is 2. The summed E-state index contributed by atoms with van der Waals surface area (Å²) in [6, 6.07) is 15.5. The molecule has 0 saturated carbocycles. The predicted molar refractivity (Wildman–Crippen MR) is 105 cm³/mol. The van der Waals surface area contributed by atoms with Gasteiger partial charge in [0.2, 0.25) is 5.91 Å². The van der Waals surface area contributed by atoms with E-state index in [1.54, 1.807) is 18.5 Å². The van der Waals surface area contributed by atoms with Gasteiger partial charge in [0.1, 0.15) is 6.04 Å². The van der Waals surface area contributed by atoms with E-state index < -0.39 is 17.9 Å². The minimum absolute atomic E-state index is 0.155. The number of rotatable bonds is 5. The van der Waals surface area contributed by atoms with Crippen molar-refractivity contribution in [2.75, 3.05) is 0 Å². The van der Waals surface area contributed by atoms with Crippen LogP contribution in [0.15, 0.2) is 67.0 Å². The summed E-state index contributed by atoms with van der Waals surface area (Å²) in [6.07, 6.45) is 3.31. The third kappa shape index (κ3) is 3.50. The van der Waals surface area contributed by atoms with Gasteiger partial charge in [0.25, 0.3) is 5.91 Å². The average molecular weight is 371 g/mol. The zero-order valence-corrected chi connectivity index (χ0v) is 14.9.